The predicted molar refractivity (Wildman–Crippen MR) is 129 cm³/mol. The summed E-state index contributed by atoms with van der Waals surface area (Å²) in [5.74, 6) is 2.49. The summed E-state index contributed by atoms with van der Waals surface area (Å²) < 4.78 is 0. The first kappa shape index (κ1) is 23.4. The first-order chi connectivity index (χ1) is 14.9. The highest BCUT2D eigenvalue weighted by Crippen LogP contribution is 2.87. The van der Waals surface area contributed by atoms with E-state index >= 15 is 0 Å². The van der Waals surface area contributed by atoms with Crippen LogP contribution in [0.5, 0.6) is 0 Å². The molecule has 182 valence electrons. The van der Waals surface area contributed by atoms with E-state index in [0.717, 1.165) is 25.2 Å². The van der Waals surface area contributed by atoms with Gasteiger partial charge in [0.15, 0.2) is 0 Å². The largest absolute Gasteiger partial charge is 0.393 e. The van der Waals surface area contributed by atoms with Gasteiger partial charge in [-0.05, 0) is 110 Å². The predicted octanol–water partition coefficient (Wildman–Crippen LogP) is 5.72. The van der Waals surface area contributed by atoms with E-state index < -0.39 is 18.3 Å². The van der Waals surface area contributed by atoms with Gasteiger partial charge in [0, 0.05) is 5.92 Å². The van der Waals surface area contributed by atoms with Crippen LogP contribution < -0.4 is 0 Å². The first-order valence-corrected chi connectivity index (χ1v) is 13.7. The highest BCUT2D eigenvalue weighted by Gasteiger charge is 2.82. The Bertz CT molecular complexity index is 776. The molecule has 2 spiro atoms. The second-order valence-corrected chi connectivity index (χ2v) is 13.8. The molecular formula is C29H48O3. The van der Waals surface area contributed by atoms with E-state index in [2.05, 4.69) is 41.2 Å². The van der Waals surface area contributed by atoms with Crippen molar-refractivity contribution < 1.29 is 15.3 Å². The molecule has 5 saturated carbocycles. The van der Waals surface area contributed by atoms with Gasteiger partial charge in [0.1, 0.15) is 0 Å². The molecule has 5 aliphatic carbocycles. The third-order valence-corrected chi connectivity index (χ3v) is 12.7. The summed E-state index contributed by atoms with van der Waals surface area (Å²) in [5.41, 5.74) is 2.39. The zero-order valence-electron chi connectivity index (χ0n) is 21.2. The van der Waals surface area contributed by atoms with E-state index in [9.17, 15) is 15.3 Å². The van der Waals surface area contributed by atoms with Crippen LogP contribution >= 0.6 is 0 Å². The lowest BCUT2D eigenvalue weighted by Crippen LogP contribution is -2.60. The average molecular weight is 445 g/mol. The summed E-state index contributed by atoms with van der Waals surface area (Å²) in [4.78, 5) is 0. The second kappa shape index (κ2) is 7.31. The van der Waals surface area contributed by atoms with Gasteiger partial charge in [-0.15, -0.1) is 0 Å². The van der Waals surface area contributed by atoms with Crippen molar-refractivity contribution in [1.82, 2.24) is 0 Å². The monoisotopic (exact) mass is 444 g/mol. The van der Waals surface area contributed by atoms with Crippen molar-refractivity contribution in [3.05, 3.63) is 12.2 Å². The summed E-state index contributed by atoms with van der Waals surface area (Å²) in [6.45, 7) is 16.5. The molecule has 2 unspecified atom stereocenters. The fraction of sp³-hybridized carbons (Fsp3) is 0.931. The summed E-state index contributed by atoms with van der Waals surface area (Å²) in [7, 11) is 0. The topological polar surface area (TPSA) is 60.7 Å². The molecule has 0 heterocycles. The first-order valence-electron chi connectivity index (χ1n) is 13.7. The highest BCUT2D eigenvalue weighted by molar-refractivity contribution is 5.31. The van der Waals surface area contributed by atoms with E-state index in [-0.39, 0.29) is 16.7 Å². The molecule has 3 nitrogen and oxygen atoms in total. The van der Waals surface area contributed by atoms with Crippen molar-refractivity contribution >= 4 is 0 Å². The molecule has 5 rings (SSSR count). The molecule has 0 aromatic rings. The minimum atomic E-state index is -0.745. The minimum Gasteiger partial charge on any atom is -0.393 e. The summed E-state index contributed by atoms with van der Waals surface area (Å²) in [6.07, 6.45) is 9.40. The maximum Gasteiger partial charge on any atom is 0.0857 e. The summed E-state index contributed by atoms with van der Waals surface area (Å²) in [5, 5.41) is 32.6. The van der Waals surface area contributed by atoms with E-state index in [0.29, 0.717) is 35.0 Å². The zero-order chi connectivity index (χ0) is 23.3. The Morgan fingerprint density at radius 2 is 1.62 bits per heavy atom. The second-order valence-electron chi connectivity index (χ2n) is 13.8. The Hall–Kier alpha value is -0.380. The molecule has 0 aliphatic heterocycles. The van der Waals surface area contributed by atoms with Crippen LogP contribution in [-0.2, 0) is 0 Å². The van der Waals surface area contributed by atoms with E-state index in [1.165, 1.54) is 44.1 Å². The lowest BCUT2D eigenvalue weighted by molar-refractivity contribution is -0.194. The van der Waals surface area contributed by atoms with Gasteiger partial charge in [0.25, 0.3) is 0 Å². The Morgan fingerprint density at radius 1 is 0.906 bits per heavy atom. The number of rotatable bonds is 5. The quantitative estimate of drug-likeness (QED) is 0.475. The number of aliphatic hydroxyl groups excluding tert-OH is 3. The van der Waals surface area contributed by atoms with Gasteiger partial charge in [0.05, 0.1) is 18.3 Å². The van der Waals surface area contributed by atoms with Gasteiger partial charge >= 0.3 is 0 Å². The number of hydrogen-bond acceptors (Lipinski definition) is 3. The van der Waals surface area contributed by atoms with Crippen LogP contribution in [0.3, 0.4) is 0 Å². The van der Waals surface area contributed by atoms with Crippen LogP contribution in [0.2, 0.25) is 0 Å². The molecule has 11 atom stereocenters. The summed E-state index contributed by atoms with van der Waals surface area (Å²) in [6, 6.07) is 0. The molecule has 0 aromatic heterocycles. The molecule has 3 heteroatoms. The van der Waals surface area contributed by atoms with Gasteiger partial charge in [-0.25, -0.2) is 0 Å². The highest BCUT2D eigenvalue weighted by atomic mass is 16.3. The van der Waals surface area contributed by atoms with Crippen LogP contribution in [-0.4, -0.2) is 33.6 Å². The third kappa shape index (κ3) is 2.77. The fourth-order valence-electron chi connectivity index (χ4n) is 10.5. The van der Waals surface area contributed by atoms with Crippen molar-refractivity contribution in [2.24, 2.45) is 51.2 Å². The lowest BCUT2D eigenvalue weighted by Gasteiger charge is -2.62. The van der Waals surface area contributed by atoms with Crippen LogP contribution in [0.25, 0.3) is 0 Å². The molecule has 0 saturated heterocycles. The summed E-state index contributed by atoms with van der Waals surface area (Å²) >= 11 is 0. The van der Waals surface area contributed by atoms with Crippen LogP contribution in [0.15, 0.2) is 12.2 Å². The van der Waals surface area contributed by atoms with E-state index in [1.54, 1.807) is 0 Å². The number of fused-ring (bicyclic) bond motifs is 2. The van der Waals surface area contributed by atoms with Crippen molar-refractivity contribution in [2.45, 2.75) is 117 Å². The number of hydrogen-bond donors (Lipinski definition) is 3. The van der Waals surface area contributed by atoms with E-state index in [1.807, 2.05) is 0 Å². The molecule has 0 radical (unpaired) electrons. The molecule has 5 fully saturated rings. The normalized spacial score (nSPS) is 54.9. The fourth-order valence-corrected chi connectivity index (χ4v) is 10.5. The van der Waals surface area contributed by atoms with E-state index in [4.69, 9.17) is 0 Å². The van der Waals surface area contributed by atoms with Gasteiger partial charge in [-0.3, -0.25) is 0 Å². The maximum absolute atomic E-state index is 11.3. The van der Waals surface area contributed by atoms with Gasteiger partial charge in [0.2, 0.25) is 0 Å². The van der Waals surface area contributed by atoms with Crippen molar-refractivity contribution in [1.29, 1.82) is 0 Å². The Morgan fingerprint density at radius 3 is 2.31 bits per heavy atom. The van der Waals surface area contributed by atoms with Gasteiger partial charge in [-0.1, -0.05) is 46.8 Å². The van der Waals surface area contributed by atoms with Gasteiger partial charge in [-0.2, -0.15) is 0 Å². The molecule has 3 N–H and O–H groups in total. The molecule has 0 bridgehead atoms. The maximum atomic E-state index is 11.3. The molecule has 0 amide bonds. The minimum absolute atomic E-state index is 0.0804. The molecule has 5 aliphatic rings. The van der Waals surface area contributed by atoms with Crippen LogP contribution in [0.4, 0.5) is 0 Å². The smallest absolute Gasteiger partial charge is 0.0857 e. The van der Waals surface area contributed by atoms with Crippen LogP contribution in [0.1, 0.15) is 98.8 Å². The molecular weight excluding hydrogens is 396 g/mol. The lowest BCUT2D eigenvalue weighted by atomic mass is 9.43. The molecule has 32 heavy (non-hydrogen) atoms. The number of aliphatic hydroxyl groups is 3. The molecule has 0 aromatic carbocycles. The Labute approximate surface area is 196 Å². The zero-order valence-corrected chi connectivity index (χ0v) is 21.2. The third-order valence-electron chi connectivity index (χ3n) is 12.7. The standard InChI is InChI=1S/C29H48O3/c1-17(2)18(3)7-8-19(4)20-9-11-27(6)23-15-22(31)24-25(32)21(30)10-12-29(24)16-28(23,29)14-13-26(20,27)5/h17,19-25,30-32H,3,7-16H2,1-2,4-6H3/t19-,20-,21+,22?,23+,24?,25-,26-,27+,28+,29-/m1/s1. The van der Waals surface area contributed by atoms with Crippen molar-refractivity contribution in [3.8, 4) is 0 Å². The van der Waals surface area contributed by atoms with Gasteiger partial charge < -0.3 is 15.3 Å². The van der Waals surface area contributed by atoms with Crippen molar-refractivity contribution in [3.63, 3.8) is 0 Å². The van der Waals surface area contributed by atoms with Crippen LogP contribution in [0, 0.1) is 51.2 Å². The Kier molecular flexibility index (Phi) is 5.34. The average Bonchev–Trinajstić information content (AvgIpc) is 3.30. The SMILES string of the molecule is C=C(CC[C@@H](C)[C@H]1CC[C@@]2(C)[C@@H]3CC(O)C4[C@H](O)[C@@H](O)CC[C@@]45C[C@@]35CC[C@]12C)C(C)C. The van der Waals surface area contributed by atoms with Crippen molar-refractivity contribution in [2.75, 3.05) is 0 Å². The Balaban J connectivity index is 1.40. The number of allylic oxidation sites excluding steroid dienone is 1.